The zero-order valence-electron chi connectivity index (χ0n) is 15.4. The first-order valence-corrected chi connectivity index (χ1v) is 9.35. The number of unbranched alkanes of at least 4 members (excludes halogenated alkanes) is 5. The molecule has 0 atom stereocenters. The predicted molar refractivity (Wildman–Crippen MR) is 94.9 cm³/mol. The lowest BCUT2D eigenvalue weighted by Gasteiger charge is -2.46. The van der Waals surface area contributed by atoms with Crippen LogP contribution in [0.5, 0.6) is 0 Å². The molecule has 1 aliphatic rings. The van der Waals surface area contributed by atoms with Crippen LogP contribution < -0.4 is 10.6 Å². The van der Waals surface area contributed by atoms with Crippen molar-refractivity contribution >= 4 is 0 Å². The topological polar surface area (TPSA) is 24.1 Å². The van der Waals surface area contributed by atoms with Crippen LogP contribution in [0.3, 0.4) is 0 Å². The quantitative estimate of drug-likeness (QED) is 0.561. The van der Waals surface area contributed by atoms with Crippen molar-refractivity contribution in [2.45, 2.75) is 103 Å². The van der Waals surface area contributed by atoms with Crippen molar-refractivity contribution in [2.75, 3.05) is 13.1 Å². The van der Waals surface area contributed by atoms with Crippen LogP contribution in [-0.4, -0.2) is 24.2 Å². The van der Waals surface area contributed by atoms with Gasteiger partial charge >= 0.3 is 0 Å². The fraction of sp³-hybridized carbons (Fsp3) is 1.00. The average Bonchev–Trinajstić information content (AvgIpc) is 2.33. The first-order valence-electron chi connectivity index (χ1n) is 9.35. The molecule has 0 aliphatic carbocycles. The lowest BCUT2D eigenvalue weighted by molar-refractivity contribution is 0.123. The van der Waals surface area contributed by atoms with Crippen molar-refractivity contribution in [3.63, 3.8) is 0 Å². The highest BCUT2D eigenvalue weighted by Crippen LogP contribution is 2.34. The van der Waals surface area contributed by atoms with E-state index in [1.54, 1.807) is 0 Å². The lowest BCUT2D eigenvalue weighted by atomic mass is 9.75. The third kappa shape index (κ3) is 8.83. The minimum atomic E-state index is 0.297. The number of nitrogens with one attached hydrogen (secondary N) is 2. The van der Waals surface area contributed by atoms with E-state index in [2.05, 4.69) is 45.3 Å². The van der Waals surface area contributed by atoms with Gasteiger partial charge in [0.15, 0.2) is 0 Å². The molecule has 0 spiro atoms. The van der Waals surface area contributed by atoms with Gasteiger partial charge in [0, 0.05) is 11.1 Å². The molecule has 0 amide bonds. The standard InChI is InChI=1S/C19H40N2/c1-6-7-8-9-10-11-13-20-14-12-17-15-18(2,3)21-19(4,5)16-17/h17,20-21H,6-16H2,1-5H3. The first kappa shape index (κ1) is 19.0. The van der Waals surface area contributed by atoms with E-state index >= 15 is 0 Å². The maximum Gasteiger partial charge on any atom is 0.0132 e. The van der Waals surface area contributed by atoms with Gasteiger partial charge in [0.2, 0.25) is 0 Å². The normalized spacial score (nSPS) is 21.6. The van der Waals surface area contributed by atoms with Gasteiger partial charge in [0.1, 0.15) is 0 Å². The zero-order chi connectivity index (χ0) is 15.8. The summed E-state index contributed by atoms with van der Waals surface area (Å²) in [6, 6.07) is 0. The number of rotatable bonds is 10. The van der Waals surface area contributed by atoms with Gasteiger partial charge in [0.05, 0.1) is 0 Å². The summed E-state index contributed by atoms with van der Waals surface area (Å²) in [7, 11) is 0. The fourth-order valence-electron chi connectivity index (χ4n) is 4.20. The third-order valence-electron chi connectivity index (χ3n) is 4.71. The van der Waals surface area contributed by atoms with Gasteiger partial charge in [-0.05, 0) is 72.4 Å². The molecule has 0 unspecified atom stereocenters. The molecule has 0 radical (unpaired) electrons. The molecule has 21 heavy (non-hydrogen) atoms. The minimum absolute atomic E-state index is 0.297. The van der Waals surface area contributed by atoms with E-state index in [1.807, 2.05) is 0 Å². The molecule has 1 heterocycles. The molecule has 2 nitrogen and oxygen atoms in total. The van der Waals surface area contributed by atoms with Crippen molar-refractivity contribution < 1.29 is 0 Å². The van der Waals surface area contributed by atoms with E-state index in [9.17, 15) is 0 Å². The highest BCUT2D eigenvalue weighted by Gasteiger charge is 2.36. The van der Waals surface area contributed by atoms with Gasteiger partial charge in [-0.3, -0.25) is 0 Å². The van der Waals surface area contributed by atoms with Crippen molar-refractivity contribution in [3.8, 4) is 0 Å². The van der Waals surface area contributed by atoms with E-state index in [1.165, 1.54) is 70.9 Å². The Morgan fingerprint density at radius 2 is 1.43 bits per heavy atom. The van der Waals surface area contributed by atoms with Crippen molar-refractivity contribution in [2.24, 2.45) is 5.92 Å². The maximum absolute atomic E-state index is 3.78. The Kier molecular flexibility index (Phi) is 8.26. The van der Waals surface area contributed by atoms with Gasteiger partial charge in [-0.25, -0.2) is 0 Å². The highest BCUT2D eigenvalue weighted by molar-refractivity contribution is 4.96. The van der Waals surface area contributed by atoms with E-state index in [0.29, 0.717) is 11.1 Å². The van der Waals surface area contributed by atoms with Crippen LogP contribution in [0.15, 0.2) is 0 Å². The summed E-state index contributed by atoms with van der Waals surface area (Å²) in [5.74, 6) is 0.869. The molecule has 0 aromatic rings. The van der Waals surface area contributed by atoms with Crippen molar-refractivity contribution in [1.29, 1.82) is 0 Å². The van der Waals surface area contributed by atoms with Gasteiger partial charge in [0.25, 0.3) is 0 Å². The molecule has 0 aromatic carbocycles. The monoisotopic (exact) mass is 296 g/mol. The molecule has 1 fully saturated rings. The molecule has 1 rings (SSSR count). The molecule has 1 aliphatic heterocycles. The van der Waals surface area contributed by atoms with E-state index in [0.717, 1.165) is 5.92 Å². The number of hydrogen-bond acceptors (Lipinski definition) is 2. The van der Waals surface area contributed by atoms with Crippen LogP contribution >= 0.6 is 0 Å². The van der Waals surface area contributed by atoms with Gasteiger partial charge in [-0.1, -0.05) is 39.0 Å². The number of hydrogen-bond donors (Lipinski definition) is 2. The molecular weight excluding hydrogens is 256 g/mol. The Hall–Kier alpha value is -0.0800. The lowest BCUT2D eigenvalue weighted by Crippen LogP contribution is -2.57. The molecule has 0 saturated carbocycles. The molecule has 2 heteroatoms. The highest BCUT2D eigenvalue weighted by atomic mass is 15.0. The molecule has 126 valence electrons. The molecular formula is C19H40N2. The summed E-state index contributed by atoms with van der Waals surface area (Å²) in [5.41, 5.74) is 0.595. The SMILES string of the molecule is CCCCCCCCNCCC1CC(C)(C)NC(C)(C)C1. The average molecular weight is 297 g/mol. The zero-order valence-corrected chi connectivity index (χ0v) is 15.4. The summed E-state index contributed by atoms with van der Waals surface area (Å²) >= 11 is 0. The van der Waals surface area contributed by atoms with E-state index in [-0.39, 0.29) is 0 Å². The fourth-order valence-corrected chi connectivity index (χ4v) is 4.20. The Labute approximate surface area is 133 Å². The predicted octanol–water partition coefficient (Wildman–Crippen LogP) is 4.88. The molecule has 0 bridgehead atoms. The van der Waals surface area contributed by atoms with E-state index in [4.69, 9.17) is 0 Å². The number of piperidine rings is 1. The van der Waals surface area contributed by atoms with Gasteiger partial charge in [-0.15, -0.1) is 0 Å². The summed E-state index contributed by atoms with van der Waals surface area (Å²) in [6.45, 7) is 14.1. The second kappa shape index (κ2) is 9.15. The summed E-state index contributed by atoms with van der Waals surface area (Å²) in [4.78, 5) is 0. The second-order valence-corrected chi connectivity index (χ2v) is 8.47. The molecule has 1 saturated heterocycles. The largest absolute Gasteiger partial charge is 0.317 e. The van der Waals surface area contributed by atoms with Crippen molar-refractivity contribution in [3.05, 3.63) is 0 Å². The summed E-state index contributed by atoms with van der Waals surface area (Å²) in [6.07, 6.45) is 12.3. The Morgan fingerprint density at radius 3 is 2.05 bits per heavy atom. The van der Waals surface area contributed by atoms with Crippen LogP contribution in [0.4, 0.5) is 0 Å². The van der Waals surface area contributed by atoms with Crippen LogP contribution in [0.2, 0.25) is 0 Å². The smallest absolute Gasteiger partial charge is 0.0132 e. The second-order valence-electron chi connectivity index (χ2n) is 8.47. The first-order chi connectivity index (χ1) is 9.85. The van der Waals surface area contributed by atoms with Crippen LogP contribution in [0.1, 0.15) is 92.4 Å². The Balaban J connectivity index is 2.04. The molecule has 2 N–H and O–H groups in total. The van der Waals surface area contributed by atoms with Crippen molar-refractivity contribution in [1.82, 2.24) is 10.6 Å². The van der Waals surface area contributed by atoms with Crippen LogP contribution in [0.25, 0.3) is 0 Å². The maximum atomic E-state index is 3.78. The van der Waals surface area contributed by atoms with Crippen LogP contribution in [0, 0.1) is 5.92 Å². The Morgan fingerprint density at radius 1 is 0.857 bits per heavy atom. The third-order valence-corrected chi connectivity index (χ3v) is 4.71. The van der Waals surface area contributed by atoms with E-state index < -0.39 is 0 Å². The van der Waals surface area contributed by atoms with Crippen LogP contribution in [-0.2, 0) is 0 Å². The Bertz CT molecular complexity index is 255. The van der Waals surface area contributed by atoms with Gasteiger partial charge < -0.3 is 10.6 Å². The molecule has 0 aromatic heterocycles. The minimum Gasteiger partial charge on any atom is -0.317 e. The van der Waals surface area contributed by atoms with Gasteiger partial charge in [-0.2, -0.15) is 0 Å². The summed E-state index contributed by atoms with van der Waals surface area (Å²) < 4.78 is 0. The summed E-state index contributed by atoms with van der Waals surface area (Å²) in [5, 5.41) is 7.43.